The zero-order chi connectivity index (χ0) is 13.9. The zero-order valence-corrected chi connectivity index (χ0v) is 10.2. The number of aromatic carboxylic acids is 1. The Hall–Kier alpha value is -3.02. The minimum Gasteiger partial charge on any atom is -0.478 e. The number of hydrogen-bond acceptors (Lipinski definition) is 5. The highest BCUT2D eigenvalue weighted by atomic mass is 16.5. The van der Waals surface area contributed by atoms with E-state index < -0.39 is 5.97 Å². The number of benzene rings is 1. The Bertz CT molecular complexity index is 753. The van der Waals surface area contributed by atoms with Gasteiger partial charge in [0.25, 0.3) is 5.89 Å². The number of pyridine rings is 1. The molecule has 0 saturated carbocycles. The standard InChI is InChI=1S/C14H9N3O3/c18-14(19)10-4-1-3-9(7-10)12-16-13(20-17-12)11-5-2-6-15-8-11/h1-8H,(H,18,19). The maximum atomic E-state index is 10.9. The van der Waals surface area contributed by atoms with Crippen LogP contribution in [0.1, 0.15) is 10.4 Å². The van der Waals surface area contributed by atoms with E-state index in [1.165, 1.54) is 12.1 Å². The summed E-state index contributed by atoms with van der Waals surface area (Å²) in [6.45, 7) is 0. The van der Waals surface area contributed by atoms with Gasteiger partial charge in [0.15, 0.2) is 0 Å². The second-order valence-electron chi connectivity index (χ2n) is 4.05. The number of carbonyl (C=O) groups is 1. The van der Waals surface area contributed by atoms with Gasteiger partial charge in [0, 0.05) is 18.0 Å². The Morgan fingerprint density at radius 3 is 2.75 bits per heavy atom. The normalized spacial score (nSPS) is 10.4. The van der Waals surface area contributed by atoms with Gasteiger partial charge >= 0.3 is 5.97 Å². The van der Waals surface area contributed by atoms with Gasteiger partial charge in [-0.3, -0.25) is 4.98 Å². The van der Waals surface area contributed by atoms with Gasteiger partial charge < -0.3 is 9.63 Å². The molecule has 98 valence electrons. The Kier molecular flexibility index (Phi) is 2.96. The van der Waals surface area contributed by atoms with E-state index in [1.54, 1.807) is 36.7 Å². The van der Waals surface area contributed by atoms with E-state index in [2.05, 4.69) is 15.1 Å². The van der Waals surface area contributed by atoms with Crippen molar-refractivity contribution in [1.29, 1.82) is 0 Å². The summed E-state index contributed by atoms with van der Waals surface area (Å²) >= 11 is 0. The number of nitrogens with zero attached hydrogens (tertiary/aromatic N) is 3. The van der Waals surface area contributed by atoms with Gasteiger partial charge in [0.1, 0.15) is 0 Å². The van der Waals surface area contributed by atoms with E-state index in [4.69, 9.17) is 9.63 Å². The third-order valence-corrected chi connectivity index (χ3v) is 2.70. The lowest BCUT2D eigenvalue weighted by molar-refractivity contribution is 0.0697. The van der Waals surface area contributed by atoms with Gasteiger partial charge in [0.2, 0.25) is 5.82 Å². The summed E-state index contributed by atoms with van der Waals surface area (Å²) < 4.78 is 5.16. The van der Waals surface area contributed by atoms with Crippen molar-refractivity contribution in [3.05, 3.63) is 54.4 Å². The molecule has 0 amide bonds. The molecule has 0 saturated heterocycles. The summed E-state index contributed by atoms with van der Waals surface area (Å²) in [5, 5.41) is 12.8. The van der Waals surface area contributed by atoms with Gasteiger partial charge in [-0.05, 0) is 24.3 Å². The van der Waals surface area contributed by atoms with E-state index in [0.717, 1.165) is 0 Å². The van der Waals surface area contributed by atoms with Crippen LogP contribution in [0.3, 0.4) is 0 Å². The highest BCUT2D eigenvalue weighted by molar-refractivity contribution is 5.89. The predicted octanol–water partition coefficient (Wildman–Crippen LogP) is 2.50. The van der Waals surface area contributed by atoms with E-state index in [-0.39, 0.29) is 5.56 Å². The molecule has 3 aromatic rings. The molecule has 0 aliphatic rings. The topological polar surface area (TPSA) is 89.1 Å². The summed E-state index contributed by atoms with van der Waals surface area (Å²) in [6.07, 6.45) is 3.27. The molecule has 0 spiro atoms. The lowest BCUT2D eigenvalue weighted by Crippen LogP contribution is -1.96. The molecule has 0 radical (unpaired) electrons. The molecule has 0 unspecified atom stereocenters. The number of rotatable bonds is 3. The zero-order valence-electron chi connectivity index (χ0n) is 10.2. The van der Waals surface area contributed by atoms with Crippen LogP contribution in [-0.2, 0) is 0 Å². The van der Waals surface area contributed by atoms with Gasteiger partial charge in [-0.15, -0.1) is 0 Å². The lowest BCUT2D eigenvalue weighted by Gasteiger charge is -1.96. The second kappa shape index (κ2) is 4.93. The Balaban J connectivity index is 1.98. The fourth-order valence-electron chi connectivity index (χ4n) is 1.74. The molecule has 3 rings (SSSR count). The first-order chi connectivity index (χ1) is 9.74. The Morgan fingerprint density at radius 2 is 2.00 bits per heavy atom. The van der Waals surface area contributed by atoms with Crippen LogP contribution in [0, 0.1) is 0 Å². The molecule has 20 heavy (non-hydrogen) atoms. The van der Waals surface area contributed by atoms with Crippen LogP contribution in [-0.4, -0.2) is 26.2 Å². The average molecular weight is 267 g/mol. The van der Waals surface area contributed by atoms with Gasteiger partial charge in [-0.25, -0.2) is 4.79 Å². The van der Waals surface area contributed by atoms with Crippen molar-refractivity contribution < 1.29 is 14.4 Å². The number of carboxylic acid groups (broad SMARTS) is 1. The van der Waals surface area contributed by atoms with Gasteiger partial charge in [0.05, 0.1) is 11.1 Å². The maximum absolute atomic E-state index is 10.9. The van der Waals surface area contributed by atoms with Crippen molar-refractivity contribution in [2.24, 2.45) is 0 Å². The minimum absolute atomic E-state index is 0.176. The maximum Gasteiger partial charge on any atom is 0.335 e. The second-order valence-corrected chi connectivity index (χ2v) is 4.05. The van der Waals surface area contributed by atoms with Crippen LogP contribution in [0.25, 0.3) is 22.8 Å². The summed E-state index contributed by atoms with van der Waals surface area (Å²) in [5.41, 5.74) is 1.47. The summed E-state index contributed by atoms with van der Waals surface area (Å²) in [4.78, 5) is 19.2. The van der Waals surface area contributed by atoms with Crippen LogP contribution >= 0.6 is 0 Å². The number of aromatic nitrogens is 3. The first-order valence-electron chi connectivity index (χ1n) is 5.82. The smallest absolute Gasteiger partial charge is 0.335 e. The molecule has 1 aromatic carbocycles. The molecule has 0 aliphatic carbocycles. The minimum atomic E-state index is -0.997. The first-order valence-corrected chi connectivity index (χ1v) is 5.82. The Labute approximate surface area is 113 Å². The fourth-order valence-corrected chi connectivity index (χ4v) is 1.74. The summed E-state index contributed by atoms with van der Waals surface area (Å²) in [7, 11) is 0. The van der Waals surface area contributed by atoms with Crippen LogP contribution in [0.15, 0.2) is 53.3 Å². The highest BCUT2D eigenvalue weighted by Gasteiger charge is 2.12. The van der Waals surface area contributed by atoms with Crippen LogP contribution in [0.5, 0.6) is 0 Å². The predicted molar refractivity (Wildman–Crippen MR) is 69.9 cm³/mol. The van der Waals surface area contributed by atoms with Gasteiger partial charge in [-0.1, -0.05) is 17.3 Å². The van der Waals surface area contributed by atoms with Crippen LogP contribution in [0.4, 0.5) is 0 Å². The first kappa shape index (κ1) is 12.0. The fraction of sp³-hybridized carbons (Fsp3) is 0. The van der Waals surface area contributed by atoms with Crippen molar-refractivity contribution >= 4 is 5.97 Å². The van der Waals surface area contributed by atoms with Crippen molar-refractivity contribution in [3.8, 4) is 22.8 Å². The largest absolute Gasteiger partial charge is 0.478 e. The van der Waals surface area contributed by atoms with Crippen molar-refractivity contribution in [3.63, 3.8) is 0 Å². The molecule has 0 fully saturated rings. The molecule has 2 aromatic heterocycles. The van der Waals surface area contributed by atoms with Crippen LogP contribution in [0.2, 0.25) is 0 Å². The quantitative estimate of drug-likeness (QED) is 0.784. The molecule has 0 atom stereocenters. The SMILES string of the molecule is O=C(O)c1cccc(-c2noc(-c3cccnc3)n2)c1. The molecule has 0 aliphatic heterocycles. The van der Waals surface area contributed by atoms with Crippen molar-refractivity contribution in [1.82, 2.24) is 15.1 Å². The van der Waals surface area contributed by atoms with E-state index in [1.807, 2.05) is 0 Å². The monoisotopic (exact) mass is 267 g/mol. The Morgan fingerprint density at radius 1 is 1.15 bits per heavy atom. The number of carboxylic acids is 1. The molecule has 6 nitrogen and oxygen atoms in total. The molecular formula is C14H9N3O3. The molecule has 0 bridgehead atoms. The third-order valence-electron chi connectivity index (χ3n) is 2.70. The molecular weight excluding hydrogens is 258 g/mol. The summed E-state index contributed by atoms with van der Waals surface area (Å²) in [6, 6.07) is 9.94. The molecule has 6 heteroatoms. The van der Waals surface area contributed by atoms with Crippen molar-refractivity contribution in [2.45, 2.75) is 0 Å². The van der Waals surface area contributed by atoms with E-state index in [9.17, 15) is 4.79 Å². The molecule has 1 N–H and O–H groups in total. The van der Waals surface area contributed by atoms with E-state index in [0.29, 0.717) is 22.8 Å². The highest BCUT2D eigenvalue weighted by Crippen LogP contribution is 2.22. The van der Waals surface area contributed by atoms with Gasteiger partial charge in [-0.2, -0.15) is 4.98 Å². The lowest BCUT2D eigenvalue weighted by atomic mass is 10.1. The number of hydrogen-bond donors (Lipinski definition) is 1. The van der Waals surface area contributed by atoms with Crippen LogP contribution < -0.4 is 0 Å². The molecule has 2 heterocycles. The summed E-state index contributed by atoms with van der Waals surface area (Å²) in [5.74, 6) is -0.316. The third kappa shape index (κ3) is 2.26. The van der Waals surface area contributed by atoms with E-state index >= 15 is 0 Å². The average Bonchev–Trinajstić information content (AvgIpc) is 2.98. The van der Waals surface area contributed by atoms with Crippen molar-refractivity contribution in [2.75, 3.05) is 0 Å².